The minimum atomic E-state index is -0.450. The van der Waals surface area contributed by atoms with Gasteiger partial charge in [-0.1, -0.05) is 24.3 Å². The van der Waals surface area contributed by atoms with Crippen LogP contribution in [-0.2, 0) is 7.05 Å². The maximum atomic E-state index is 13.1. The fourth-order valence-corrected chi connectivity index (χ4v) is 3.77. The molecule has 0 aliphatic heterocycles. The van der Waals surface area contributed by atoms with Gasteiger partial charge in [-0.3, -0.25) is 24.2 Å². The number of rotatable bonds is 2. The Balaban J connectivity index is 1.77. The van der Waals surface area contributed by atoms with E-state index in [-0.39, 0.29) is 50.4 Å². The summed E-state index contributed by atoms with van der Waals surface area (Å²) in [4.78, 5) is 39.0. The van der Waals surface area contributed by atoms with Crippen molar-refractivity contribution >= 4 is 28.3 Å². The SMILES string of the molecule is Cc1c(C(=O)c2[nH]nc3c4c(c(O)cc23)C(=O)c2ccccc2C4=O)cnn1C. The van der Waals surface area contributed by atoms with Gasteiger partial charge >= 0.3 is 0 Å². The third-order valence-electron chi connectivity index (χ3n) is 5.41. The summed E-state index contributed by atoms with van der Waals surface area (Å²) >= 11 is 0. The van der Waals surface area contributed by atoms with Crippen molar-refractivity contribution in [3.05, 3.63) is 75.7 Å². The first-order valence-electron chi connectivity index (χ1n) is 8.86. The molecule has 0 atom stereocenters. The molecular weight excluding hydrogens is 372 g/mol. The largest absolute Gasteiger partial charge is 0.507 e. The Labute approximate surface area is 163 Å². The van der Waals surface area contributed by atoms with E-state index < -0.39 is 11.6 Å². The number of aromatic amines is 1. The summed E-state index contributed by atoms with van der Waals surface area (Å²) in [5.74, 6) is -1.60. The molecule has 0 saturated carbocycles. The van der Waals surface area contributed by atoms with Crippen molar-refractivity contribution in [1.29, 1.82) is 0 Å². The number of ketones is 3. The summed E-state index contributed by atoms with van der Waals surface area (Å²) in [6.07, 6.45) is 1.45. The van der Waals surface area contributed by atoms with E-state index in [0.717, 1.165) is 0 Å². The number of nitrogens with one attached hydrogen (secondary N) is 1. The molecule has 1 aliphatic rings. The molecule has 2 aromatic carbocycles. The molecule has 0 fully saturated rings. The van der Waals surface area contributed by atoms with Crippen molar-refractivity contribution in [3.63, 3.8) is 0 Å². The molecule has 5 rings (SSSR count). The van der Waals surface area contributed by atoms with E-state index >= 15 is 0 Å². The van der Waals surface area contributed by atoms with Crippen molar-refractivity contribution in [3.8, 4) is 5.75 Å². The normalized spacial score (nSPS) is 12.9. The number of aromatic hydroxyl groups is 1. The predicted molar refractivity (Wildman–Crippen MR) is 102 cm³/mol. The van der Waals surface area contributed by atoms with Crippen LogP contribution in [0.2, 0.25) is 0 Å². The third kappa shape index (κ3) is 2.16. The Hall–Kier alpha value is -4.07. The number of benzene rings is 2. The molecule has 0 amide bonds. The minimum Gasteiger partial charge on any atom is -0.507 e. The first-order valence-corrected chi connectivity index (χ1v) is 8.86. The van der Waals surface area contributed by atoms with Gasteiger partial charge < -0.3 is 5.11 Å². The Morgan fingerprint density at radius 1 is 1.10 bits per heavy atom. The summed E-state index contributed by atoms with van der Waals surface area (Å²) in [5.41, 5.74) is 1.73. The van der Waals surface area contributed by atoms with Gasteiger partial charge in [0, 0.05) is 29.3 Å². The highest BCUT2D eigenvalue weighted by atomic mass is 16.3. The molecule has 142 valence electrons. The molecule has 8 nitrogen and oxygen atoms in total. The highest BCUT2D eigenvalue weighted by molar-refractivity contribution is 6.33. The molecule has 0 spiro atoms. The fraction of sp³-hybridized carbons (Fsp3) is 0.0952. The van der Waals surface area contributed by atoms with Gasteiger partial charge in [0.15, 0.2) is 11.6 Å². The molecule has 0 saturated heterocycles. The van der Waals surface area contributed by atoms with Crippen LogP contribution in [0.4, 0.5) is 0 Å². The number of phenolic OH excluding ortho intramolecular Hbond substituents is 1. The molecule has 2 N–H and O–H groups in total. The van der Waals surface area contributed by atoms with Crippen molar-refractivity contribution in [2.75, 3.05) is 0 Å². The predicted octanol–water partition coefficient (Wildman–Crippen LogP) is 2.32. The monoisotopic (exact) mass is 386 g/mol. The van der Waals surface area contributed by atoms with Crippen molar-refractivity contribution in [2.24, 2.45) is 7.05 Å². The fourth-order valence-electron chi connectivity index (χ4n) is 3.77. The second-order valence-corrected chi connectivity index (χ2v) is 6.94. The van der Waals surface area contributed by atoms with Crippen LogP contribution in [0.3, 0.4) is 0 Å². The van der Waals surface area contributed by atoms with Crippen LogP contribution in [0, 0.1) is 6.92 Å². The average molecular weight is 386 g/mol. The molecule has 0 unspecified atom stereocenters. The standard InChI is InChI=1S/C21H14N4O4/c1-9-13(8-22-25(9)2)21(29)18-12-7-14(26)15-16(17(12)23-24-18)20(28)11-6-4-3-5-10(11)19(15)27/h3-8,26H,1-2H3,(H,23,24). The van der Waals surface area contributed by atoms with Crippen LogP contribution >= 0.6 is 0 Å². The number of nitrogens with zero attached hydrogens (tertiary/aromatic N) is 3. The van der Waals surface area contributed by atoms with Crippen LogP contribution in [-0.4, -0.2) is 42.4 Å². The zero-order chi connectivity index (χ0) is 20.4. The lowest BCUT2D eigenvalue weighted by Gasteiger charge is -2.18. The van der Waals surface area contributed by atoms with Gasteiger partial charge in [0.1, 0.15) is 17.0 Å². The number of carbonyl (C=O) groups is 3. The van der Waals surface area contributed by atoms with Crippen LogP contribution in [0.5, 0.6) is 5.75 Å². The Morgan fingerprint density at radius 2 is 1.76 bits per heavy atom. The molecule has 0 radical (unpaired) electrons. The lowest BCUT2D eigenvalue weighted by atomic mass is 9.82. The van der Waals surface area contributed by atoms with Gasteiger partial charge in [-0.05, 0) is 13.0 Å². The summed E-state index contributed by atoms with van der Waals surface area (Å²) in [5, 5.41) is 21.8. The van der Waals surface area contributed by atoms with E-state index in [0.29, 0.717) is 11.3 Å². The number of H-pyrrole nitrogens is 1. The summed E-state index contributed by atoms with van der Waals surface area (Å²) in [6.45, 7) is 1.76. The van der Waals surface area contributed by atoms with Crippen LogP contribution in [0.1, 0.15) is 53.6 Å². The van der Waals surface area contributed by atoms with Gasteiger partial charge in [0.05, 0.1) is 22.9 Å². The number of carbonyl (C=O) groups excluding carboxylic acids is 3. The van der Waals surface area contributed by atoms with Gasteiger partial charge in [-0.2, -0.15) is 10.2 Å². The number of hydrogen-bond acceptors (Lipinski definition) is 6. The van der Waals surface area contributed by atoms with E-state index in [9.17, 15) is 19.5 Å². The second-order valence-electron chi connectivity index (χ2n) is 6.94. The number of aryl methyl sites for hydroxylation is 1. The van der Waals surface area contributed by atoms with E-state index in [1.807, 2.05) is 0 Å². The molecule has 1 aliphatic carbocycles. The summed E-state index contributed by atoms with van der Waals surface area (Å²) < 4.78 is 1.57. The third-order valence-corrected chi connectivity index (χ3v) is 5.41. The second kappa shape index (κ2) is 5.71. The van der Waals surface area contributed by atoms with Gasteiger partial charge in [-0.25, -0.2) is 0 Å². The Kier molecular flexibility index (Phi) is 3.36. The van der Waals surface area contributed by atoms with E-state index in [1.54, 1.807) is 42.9 Å². The number of hydrogen-bond donors (Lipinski definition) is 2. The lowest BCUT2D eigenvalue weighted by molar-refractivity contribution is 0.0978. The van der Waals surface area contributed by atoms with E-state index in [4.69, 9.17) is 0 Å². The molecule has 4 aromatic rings. The zero-order valence-electron chi connectivity index (χ0n) is 15.5. The first-order chi connectivity index (χ1) is 13.9. The van der Waals surface area contributed by atoms with Gasteiger partial charge in [-0.15, -0.1) is 0 Å². The average Bonchev–Trinajstić information content (AvgIpc) is 3.28. The molecular formula is C21H14N4O4. The quantitative estimate of drug-likeness (QED) is 0.450. The maximum absolute atomic E-state index is 13.1. The summed E-state index contributed by atoms with van der Waals surface area (Å²) in [7, 11) is 1.72. The highest BCUT2D eigenvalue weighted by Gasteiger charge is 2.35. The number of fused-ring (bicyclic) bond motifs is 4. The minimum absolute atomic E-state index is 0.00177. The van der Waals surface area contributed by atoms with Crippen molar-refractivity contribution < 1.29 is 19.5 Å². The highest BCUT2D eigenvalue weighted by Crippen LogP contribution is 2.38. The topological polar surface area (TPSA) is 118 Å². The molecule has 2 aromatic heterocycles. The van der Waals surface area contributed by atoms with Crippen molar-refractivity contribution in [2.45, 2.75) is 6.92 Å². The Morgan fingerprint density at radius 3 is 2.38 bits per heavy atom. The molecule has 2 heterocycles. The smallest absolute Gasteiger partial charge is 0.214 e. The van der Waals surface area contributed by atoms with Gasteiger partial charge in [0.25, 0.3) is 0 Å². The maximum Gasteiger partial charge on any atom is 0.214 e. The van der Waals surface area contributed by atoms with E-state index in [2.05, 4.69) is 15.3 Å². The molecule has 29 heavy (non-hydrogen) atoms. The lowest BCUT2D eigenvalue weighted by Crippen LogP contribution is -2.21. The first kappa shape index (κ1) is 17.1. The van der Waals surface area contributed by atoms with Gasteiger partial charge in [0.2, 0.25) is 5.78 Å². The van der Waals surface area contributed by atoms with Crippen LogP contribution in [0.25, 0.3) is 10.9 Å². The summed E-state index contributed by atoms with van der Waals surface area (Å²) in [6, 6.07) is 7.74. The van der Waals surface area contributed by atoms with Crippen molar-refractivity contribution in [1.82, 2.24) is 20.0 Å². The van der Waals surface area contributed by atoms with Crippen LogP contribution in [0.15, 0.2) is 36.5 Å². The van der Waals surface area contributed by atoms with E-state index in [1.165, 1.54) is 12.3 Å². The zero-order valence-corrected chi connectivity index (χ0v) is 15.5. The number of phenols is 1. The molecule has 0 bridgehead atoms. The Bertz CT molecular complexity index is 1390. The number of aromatic nitrogens is 4. The molecule has 8 heteroatoms. The van der Waals surface area contributed by atoms with Crippen LogP contribution < -0.4 is 0 Å².